The number of amides is 1. The highest BCUT2D eigenvalue weighted by Crippen LogP contribution is 2.40. The smallest absolute Gasteiger partial charge is 0.222 e. The maximum Gasteiger partial charge on any atom is 0.222 e. The zero-order valence-electron chi connectivity index (χ0n) is 11.8. The first-order chi connectivity index (χ1) is 8.65. The van der Waals surface area contributed by atoms with Crippen molar-refractivity contribution >= 4 is 5.91 Å². The number of carbonyl (C=O) groups excluding carboxylic acids is 1. The molecule has 2 aliphatic rings. The van der Waals surface area contributed by atoms with Gasteiger partial charge < -0.3 is 10.6 Å². The Hall–Kier alpha value is -0.570. The minimum absolute atomic E-state index is 0.248. The Bertz CT molecular complexity index is 277. The molecule has 18 heavy (non-hydrogen) atoms. The maximum atomic E-state index is 12.0. The maximum absolute atomic E-state index is 12.0. The van der Waals surface area contributed by atoms with E-state index in [4.69, 9.17) is 5.73 Å². The van der Waals surface area contributed by atoms with Crippen LogP contribution in [-0.2, 0) is 4.79 Å². The van der Waals surface area contributed by atoms with Crippen LogP contribution in [0.25, 0.3) is 0 Å². The van der Waals surface area contributed by atoms with Crippen LogP contribution in [0, 0.1) is 11.3 Å². The molecule has 104 valence electrons. The van der Waals surface area contributed by atoms with Gasteiger partial charge in [-0.15, -0.1) is 0 Å². The highest BCUT2D eigenvalue weighted by Gasteiger charge is 2.37. The molecule has 0 radical (unpaired) electrons. The predicted octanol–water partition coefficient (Wildman–Crippen LogP) is 2.54. The molecular formula is C15H28N2O. The number of carbonyl (C=O) groups is 1. The van der Waals surface area contributed by atoms with Crippen molar-refractivity contribution in [3.63, 3.8) is 0 Å². The van der Waals surface area contributed by atoms with Gasteiger partial charge in [-0.1, -0.05) is 25.7 Å². The summed E-state index contributed by atoms with van der Waals surface area (Å²) < 4.78 is 0. The second-order valence-corrected chi connectivity index (χ2v) is 6.50. The van der Waals surface area contributed by atoms with E-state index in [0.717, 1.165) is 31.8 Å². The van der Waals surface area contributed by atoms with Gasteiger partial charge in [0.15, 0.2) is 0 Å². The van der Waals surface area contributed by atoms with Gasteiger partial charge in [0.25, 0.3) is 0 Å². The van der Waals surface area contributed by atoms with Gasteiger partial charge >= 0.3 is 0 Å². The third kappa shape index (κ3) is 3.25. The van der Waals surface area contributed by atoms with Crippen LogP contribution < -0.4 is 5.73 Å². The van der Waals surface area contributed by atoms with Crippen molar-refractivity contribution in [3.8, 4) is 0 Å². The first-order valence-electron chi connectivity index (χ1n) is 7.59. The number of hydrogen-bond acceptors (Lipinski definition) is 2. The Labute approximate surface area is 111 Å². The average Bonchev–Trinajstić information content (AvgIpc) is 2.26. The zero-order chi connectivity index (χ0) is 13.0. The summed E-state index contributed by atoms with van der Waals surface area (Å²) in [6, 6.07) is 0. The minimum atomic E-state index is 0.248. The lowest BCUT2D eigenvalue weighted by atomic mass is 9.68. The van der Waals surface area contributed by atoms with E-state index < -0.39 is 0 Å². The molecule has 0 heterocycles. The lowest BCUT2D eigenvalue weighted by molar-refractivity contribution is -0.132. The lowest BCUT2D eigenvalue weighted by Gasteiger charge is -2.43. The molecule has 2 N–H and O–H groups in total. The normalized spacial score (nSPS) is 22.1. The molecule has 3 nitrogen and oxygen atoms in total. The minimum Gasteiger partial charge on any atom is -0.345 e. The first-order valence-corrected chi connectivity index (χ1v) is 7.59. The largest absolute Gasteiger partial charge is 0.345 e. The van der Waals surface area contributed by atoms with Crippen molar-refractivity contribution in [2.75, 3.05) is 20.1 Å². The summed E-state index contributed by atoms with van der Waals surface area (Å²) in [6.45, 7) is 1.60. The van der Waals surface area contributed by atoms with Gasteiger partial charge in [0.1, 0.15) is 0 Å². The van der Waals surface area contributed by atoms with Crippen LogP contribution in [0.4, 0.5) is 0 Å². The SMILES string of the molecule is CN(CC1(CN)CCC1)C(=O)CCCC1CCC1. The number of nitrogens with zero attached hydrogens (tertiary/aromatic N) is 1. The van der Waals surface area contributed by atoms with Gasteiger partial charge in [0.05, 0.1) is 0 Å². The van der Waals surface area contributed by atoms with Crippen molar-refractivity contribution < 1.29 is 4.79 Å². The standard InChI is InChI=1S/C15H28N2O/c1-17(12-15(11-16)9-4-10-15)14(18)8-3-7-13-5-2-6-13/h13H,2-12,16H2,1H3. The van der Waals surface area contributed by atoms with E-state index in [1.165, 1.54) is 44.9 Å². The van der Waals surface area contributed by atoms with Crippen molar-refractivity contribution in [2.24, 2.45) is 17.1 Å². The van der Waals surface area contributed by atoms with Crippen LogP contribution >= 0.6 is 0 Å². The van der Waals surface area contributed by atoms with Crippen LogP contribution in [0.1, 0.15) is 57.8 Å². The fourth-order valence-corrected chi connectivity index (χ4v) is 3.21. The molecular weight excluding hydrogens is 224 g/mol. The fraction of sp³-hybridized carbons (Fsp3) is 0.933. The van der Waals surface area contributed by atoms with Crippen molar-refractivity contribution in [1.29, 1.82) is 0 Å². The molecule has 2 aliphatic carbocycles. The molecule has 0 spiro atoms. The number of nitrogens with two attached hydrogens (primary N) is 1. The van der Waals surface area contributed by atoms with Crippen LogP contribution in [0.3, 0.4) is 0 Å². The van der Waals surface area contributed by atoms with Gasteiger partial charge in [-0.3, -0.25) is 4.79 Å². The van der Waals surface area contributed by atoms with Gasteiger partial charge in [-0.2, -0.15) is 0 Å². The molecule has 0 saturated heterocycles. The lowest BCUT2D eigenvalue weighted by Crippen LogP contribution is -2.47. The van der Waals surface area contributed by atoms with Crippen LogP contribution in [0.2, 0.25) is 0 Å². The molecule has 0 atom stereocenters. The monoisotopic (exact) mass is 252 g/mol. The third-order valence-corrected chi connectivity index (χ3v) is 5.07. The van der Waals surface area contributed by atoms with E-state index in [1.54, 1.807) is 0 Å². The average molecular weight is 252 g/mol. The summed E-state index contributed by atoms with van der Waals surface area (Å²) in [7, 11) is 1.95. The first kappa shape index (κ1) is 13.9. The van der Waals surface area contributed by atoms with E-state index in [2.05, 4.69) is 0 Å². The van der Waals surface area contributed by atoms with Crippen LogP contribution in [0.5, 0.6) is 0 Å². The summed E-state index contributed by atoms with van der Waals surface area (Å²) >= 11 is 0. The Morgan fingerprint density at radius 3 is 2.50 bits per heavy atom. The molecule has 1 amide bonds. The summed E-state index contributed by atoms with van der Waals surface area (Å²) in [5, 5.41) is 0. The van der Waals surface area contributed by atoms with Gasteiger partial charge in [-0.25, -0.2) is 0 Å². The number of hydrogen-bond donors (Lipinski definition) is 1. The fourth-order valence-electron chi connectivity index (χ4n) is 3.21. The molecule has 0 bridgehead atoms. The molecule has 0 aromatic heterocycles. The van der Waals surface area contributed by atoms with Crippen LogP contribution in [0.15, 0.2) is 0 Å². The molecule has 3 heteroatoms. The van der Waals surface area contributed by atoms with Crippen molar-refractivity contribution in [1.82, 2.24) is 4.90 Å². The summed E-state index contributed by atoms with van der Waals surface area (Å²) in [6.07, 6.45) is 10.9. The summed E-state index contributed by atoms with van der Waals surface area (Å²) in [5.74, 6) is 1.24. The van der Waals surface area contributed by atoms with Gasteiger partial charge in [-0.05, 0) is 38.1 Å². The van der Waals surface area contributed by atoms with Crippen LogP contribution in [-0.4, -0.2) is 30.9 Å². The van der Waals surface area contributed by atoms with E-state index in [1.807, 2.05) is 11.9 Å². The second kappa shape index (κ2) is 6.05. The summed E-state index contributed by atoms with van der Waals surface area (Å²) in [4.78, 5) is 14.0. The summed E-state index contributed by atoms with van der Waals surface area (Å²) in [5.41, 5.74) is 6.09. The molecule has 2 saturated carbocycles. The van der Waals surface area contributed by atoms with E-state index >= 15 is 0 Å². The topological polar surface area (TPSA) is 46.3 Å². The molecule has 0 aromatic carbocycles. The Morgan fingerprint density at radius 1 is 1.33 bits per heavy atom. The molecule has 2 rings (SSSR count). The van der Waals surface area contributed by atoms with Crippen molar-refractivity contribution in [2.45, 2.75) is 57.8 Å². The zero-order valence-corrected chi connectivity index (χ0v) is 11.8. The Kier molecular flexibility index (Phi) is 4.66. The predicted molar refractivity (Wildman–Crippen MR) is 74.2 cm³/mol. The van der Waals surface area contributed by atoms with E-state index in [9.17, 15) is 4.79 Å². The quantitative estimate of drug-likeness (QED) is 0.757. The van der Waals surface area contributed by atoms with E-state index in [-0.39, 0.29) is 5.41 Å². The van der Waals surface area contributed by atoms with Gasteiger partial charge in [0, 0.05) is 25.4 Å². The van der Waals surface area contributed by atoms with Gasteiger partial charge in [0.2, 0.25) is 5.91 Å². The van der Waals surface area contributed by atoms with Crippen molar-refractivity contribution in [3.05, 3.63) is 0 Å². The molecule has 0 unspecified atom stereocenters. The third-order valence-electron chi connectivity index (χ3n) is 5.07. The van der Waals surface area contributed by atoms with E-state index in [0.29, 0.717) is 5.91 Å². The highest BCUT2D eigenvalue weighted by molar-refractivity contribution is 5.75. The molecule has 0 aromatic rings. The molecule has 2 fully saturated rings. The second-order valence-electron chi connectivity index (χ2n) is 6.50. The highest BCUT2D eigenvalue weighted by atomic mass is 16.2. The Balaban J connectivity index is 1.64. The Morgan fingerprint density at radius 2 is 2.06 bits per heavy atom. The molecule has 0 aliphatic heterocycles. The number of rotatable bonds is 7.